The number of esters is 1. The van der Waals surface area contributed by atoms with Crippen LogP contribution in [-0.4, -0.2) is 17.9 Å². The van der Waals surface area contributed by atoms with Crippen molar-refractivity contribution < 1.29 is 14.3 Å². The molecule has 138 valence electrons. The van der Waals surface area contributed by atoms with Crippen LogP contribution in [0.15, 0.2) is 11.6 Å². The summed E-state index contributed by atoms with van der Waals surface area (Å²) in [6.45, 7) is 6.69. The largest absolute Gasteiger partial charge is 0.462 e. The van der Waals surface area contributed by atoms with Crippen LogP contribution in [-0.2, 0) is 14.3 Å². The number of fused-ring (bicyclic) bond motifs is 5. The van der Waals surface area contributed by atoms with E-state index in [9.17, 15) is 9.59 Å². The first-order chi connectivity index (χ1) is 11.9. The topological polar surface area (TPSA) is 43.4 Å². The van der Waals surface area contributed by atoms with Gasteiger partial charge in [0.25, 0.3) is 0 Å². The van der Waals surface area contributed by atoms with E-state index in [1.54, 1.807) is 0 Å². The average Bonchev–Trinajstić information content (AvgIpc) is 2.92. The lowest BCUT2D eigenvalue weighted by Crippen LogP contribution is -2.51. The Morgan fingerprint density at radius 2 is 1.92 bits per heavy atom. The van der Waals surface area contributed by atoms with Crippen molar-refractivity contribution in [2.45, 2.75) is 84.7 Å². The molecular formula is C22H32O3. The van der Waals surface area contributed by atoms with Crippen LogP contribution in [0.5, 0.6) is 0 Å². The molecule has 0 aliphatic heterocycles. The molecule has 0 aromatic carbocycles. The number of rotatable bonds is 2. The van der Waals surface area contributed by atoms with Crippen LogP contribution in [0.2, 0.25) is 0 Å². The lowest BCUT2D eigenvalue weighted by atomic mass is 9.47. The van der Waals surface area contributed by atoms with Crippen molar-refractivity contribution in [3.8, 4) is 0 Å². The summed E-state index contributed by atoms with van der Waals surface area (Å²) in [5, 5.41) is 0. The molecule has 6 atom stereocenters. The highest BCUT2D eigenvalue weighted by Gasteiger charge is 2.59. The standard InChI is InChI=1S/C22H32O3/c1-4-20(24)25-19-8-7-17-16-6-5-14-13-15(23)9-11-21(14,2)18(16)10-12-22(17,19)3/h13,16-19H,4-12H2,1-3H3/t16-,17-,18-,19-,21-,22-/m1/s1. The lowest BCUT2D eigenvalue weighted by molar-refractivity contribution is -0.159. The van der Waals surface area contributed by atoms with Gasteiger partial charge in [-0.25, -0.2) is 0 Å². The Bertz CT molecular complexity index is 621. The molecule has 0 spiro atoms. The molecule has 3 saturated carbocycles. The molecule has 4 aliphatic carbocycles. The third kappa shape index (κ3) is 2.52. The number of ether oxygens (including phenoxy) is 1. The van der Waals surface area contributed by atoms with Crippen molar-refractivity contribution in [3.63, 3.8) is 0 Å². The number of carbonyl (C=O) groups is 2. The van der Waals surface area contributed by atoms with Crippen LogP contribution in [0.1, 0.15) is 78.6 Å². The molecule has 3 nitrogen and oxygen atoms in total. The Kier molecular flexibility index (Phi) is 4.12. The van der Waals surface area contributed by atoms with Gasteiger partial charge >= 0.3 is 5.97 Å². The molecule has 0 aromatic heterocycles. The minimum Gasteiger partial charge on any atom is -0.462 e. The van der Waals surface area contributed by atoms with Gasteiger partial charge in [0.15, 0.2) is 5.78 Å². The Morgan fingerprint density at radius 3 is 2.68 bits per heavy atom. The van der Waals surface area contributed by atoms with Crippen molar-refractivity contribution in [2.75, 3.05) is 0 Å². The van der Waals surface area contributed by atoms with Crippen LogP contribution in [0.3, 0.4) is 0 Å². The van der Waals surface area contributed by atoms with Crippen LogP contribution < -0.4 is 0 Å². The van der Waals surface area contributed by atoms with Crippen molar-refractivity contribution in [2.24, 2.45) is 28.6 Å². The lowest BCUT2D eigenvalue weighted by Gasteiger charge is -2.57. The van der Waals surface area contributed by atoms with Gasteiger partial charge in [0.1, 0.15) is 6.10 Å². The Labute approximate surface area is 151 Å². The van der Waals surface area contributed by atoms with Gasteiger partial charge in [0, 0.05) is 18.3 Å². The summed E-state index contributed by atoms with van der Waals surface area (Å²) in [6.07, 6.45) is 11.3. The van der Waals surface area contributed by atoms with Crippen molar-refractivity contribution >= 4 is 11.8 Å². The highest BCUT2D eigenvalue weighted by atomic mass is 16.5. The Morgan fingerprint density at radius 1 is 1.12 bits per heavy atom. The molecule has 3 heteroatoms. The quantitative estimate of drug-likeness (QED) is 0.673. The van der Waals surface area contributed by atoms with Gasteiger partial charge in [-0.3, -0.25) is 9.59 Å². The summed E-state index contributed by atoms with van der Waals surface area (Å²) in [5.74, 6) is 2.41. The Balaban J connectivity index is 1.59. The van der Waals surface area contributed by atoms with E-state index in [2.05, 4.69) is 13.8 Å². The zero-order valence-corrected chi connectivity index (χ0v) is 16.0. The van der Waals surface area contributed by atoms with E-state index in [1.165, 1.54) is 24.8 Å². The van der Waals surface area contributed by atoms with Crippen LogP contribution >= 0.6 is 0 Å². The summed E-state index contributed by atoms with van der Waals surface area (Å²) in [4.78, 5) is 23.8. The van der Waals surface area contributed by atoms with Gasteiger partial charge in [0.05, 0.1) is 0 Å². The highest BCUT2D eigenvalue weighted by molar-refractivity contribution is 5.91. The average molecular weight is 344 g/mol. The predicted octanol–water partition coefficient (Wildman–Crippen LogP) is 4.84. The van der Waals surface area contributed by atoms with Gasteiger partial charge < -0.3 is 4.74 Å². The summed E-state index contributed by atoms with van der Waals surface area (Å²) >= 11 is 0. The normalized spacial score (nSPS) is 45.9. The molecule has 4 aliphatic rings. The first kappa shape index (κ1) is 17.3. The minimum absolute atomic E-state index is 0.0411. The smallest absolute Gasteiger partial charge is 0.305 e. The summed E-state index contributed by atoms with van der Waals surface area (Å²) in [7, 11) is 0. The maximum absolute atomic E-state index is 11.9. The maximum Gasteiger partial charge on any atom is 0.305 e. The number of carbonyl (C=O) groups excluding carboxylic acids is 2. The molecule has 0 saturated heterocycles. The number of ketones is 1. The van der Waals surface area contributed by atoms with E-state index in [1.807, 2.05) is 13.0 Å². The second kappa shape index (κ2) is 5.96. The number of allylic oxidation sites excluding steroid dienone is 1. The first-order valence-electron chi connectivity index (χ1n) is 10.3. The first-order valence-corrected chi connectivity index (χ1v) is 10.3. The third-order valence-electron chi connectivity index (χ3n) is 8.44. The number of hydrogen-bond donors (Lipinski definition) is 0. The molecule has 0 radical (unpaired) electrons. The molecule has 4 rings (SSSR count). The zero-order chi connectivity index (χ0) is 17.8. The van der Waals surface area contributed by atoms with Crippen LogP contribution in [0, 0.1) is 28.6 Å². The molecule has 25 heavy (non-hydrogen) atoms. The fraction of sp³-hybridized carbons (Fsp3) is 0.818. The van der Waals surface area contributed by atoms with Crippen molar-refractivity contribution in [1.29, 1.82) is 0 Å². The van der Waals surface area contributed by atoms with Crippen LogP contribution in [0.4, 0.5) is 0 Å². The fourth-order valence-corrected chi connectivity index (χ4v) is 6.95. The molecule has 0 heterocycles. The molecule has 0 bridgehead atoms. The number of hydrogen-bond acceptors (Lipinski definition) is 3. The zero-order valence-electron chi connectivity index (χ0n) is 16.0. The highest BCUT2D eigenvalue weighted by Crippen LogP contribution is 2.65. The van der Waals surface area contributed by atoms with E-state index >= 15 is 0 Å². The van der Waals surface area contributed by atoms with E-state index < -0.39 is 0 Å². The minimum atomic E-state index is -0.0411. The third-order valence-corrected chi connectivity index (χ3v) is 8.44. The fourth-order valence-electron chi connectivity index (χ4n) is 6.95. The maximum atomic E-state index is 11.9. The monoisotopic (exact) mass is 344 g/mol. The van der Waals surface area contributed by atoms with E-state index in [0.717, 1.165) is 38.0 Å². The molecule has 0 unspecified atom stereocenters. The summed E-state index contributed by atoms with van der Waals surface area (Å²) in [5.41, 5.74) is 1.82. The predicted molar refractivity (Wildman–Crippen MR) is 96.9 cm³/mol. The molecule has 3 fully saturated rings. The molecule has 0 aromatic rings. The Hall–Kier alpha value is -1.12. The van der Waals surface area contributed by atoms with E-state index in [0.29, 0.717) is 24.0 Å². The summed E-state index contributed by atoms with van der Waals surface area (Å²) in [6, 6.07) is 0. The van der Waals surface area contributed by atoms with Crippen LogP contribution in [0.25, 0.3) is 0 Å². The van der Waals surface area contributed by atoms with Gasteiger partial charge in [-0.05, 0) is 74.2 Å². The second-order valence-corrected chi connectivity index (χ2v) is 9.42. The molecule has 0 amide bonds. The molecular weight excluding hydrogens is 312 g/mol. The van der Waals surface area contributed by atoms with Gasteiger partial charge in [-0.2, -0.15) is 0 Å². The van der Waals surface area contributed by atoms with Gasteiger partial charge in [0.2, 0.25) is 0 Å². The summed E-state index contributed by atoms with van der Waals surface area (Å²) < 4.78 is 5.86. The van der Waals surface area contributed by atoms with E-state index in [4.69, 9.17) is 4.74 Å². The van der Waals surface area contributed by atoms with E-state index in [-0.39, 0.29) is 22.9 Å². The second-order valence-electron chi connectivity index (χ2n) is 9.42. The van der Waals surface area contributed by atoms with Crippen molar-refractivity contribution in [1.82, 2.24) is 0 Å². The SMILES string of the molecule is CCC(=O)O[C@@H]1CC[C@@H]2[C@H]3CCC4=CC(=O)CC[C@@]4(C)[C@@H]3CC[C@]21C. The van der Waals surface area contributed by atoms with Gasteiger partial charge in [-0.1, -0.05) is 26.3 Å². The molecule has 0 N–H and O–H groups in total. The van der Waals surface area contributed by atoms with Gasteiger partial charge in [-0.15, -0.1) is 0 Å². The van der Waals surface area contributed by atoms with Crippen molar-refractivity contribution in [3.05, 3.63) is 11.6 Å².